The summed E-state index contributed by atoms with van der Waals surface area (Å²) in [5.41, 5.74) is 0.421. The summed E-state index contributed by atoms with van der Waals surface area (Å²) in [6, 6.07) is 3.33. The summed E-state index contributed by atoms with van der Waals surface area (Å²) in [6.07, 6.45) is 1.65. The fraction of sp³-hybridized carbons (Fsp3) is 0. The van der Waals surface area contributed by atoms with E-state index in [9.17, 15) is 4.79 Å². The highest BCUT2D eigenvalue weighted by Gasteiger charge is 2.02. The molecule has 0 aliphatic heterocycles. The van der Waals surface area contributed by atoms with Gasteiger partial charge in [0.1, 0.15) is 12.8 Å². The molecule has 1 rings (SSSR count). The zero-order chi connectivity index (χ0) is 6.69. The predicted molar refractivity (Wildman–Crippen MR) is 31.6 cm³/mol. The molecule has 1 radical (unpaired) electrons. The molecule has 0 saturated heterocycles. The molecule has 3 heteroatoms. The fourth-order valence-electron chi connectivity index (χ4n) is 0.535. The van der Waals surface area contributed by atoms with Crippen molar-refractivity contribution in [1.82, 2.24) is 4.98 Å². The van der Waals surface area contributed by atoms with Gasteiger partial charge in [-0.1, -0.05) is 0 Å². The Morgan fingerprint density at radius 1 is 1.78 bits per heavy atom. The van der Waals surface area contributed by atoms with Crippen molar-refractivity contribution < 1.29 is 9.53 Å². The highest BCUT2D eigenvalue weighted by Crippen LogP contribution is 1.95. The second-order valence-electron chi connectivity index (χ2n) is 1.52. The summed E-state index contributed by atoms with van der Waals surface area (Å²) >= 11 is 0. The summed E-state index contributed by atoms with van der Waals surface area (Å²) in [4.78, 5) is 13.2. The number of H-pyrrole nitrogens is 1. The maximum atomic E-state index is 10.6. The summed E-state index contributed by atoms with van der Waals surface area (Å²) in [7, 11) is 2.97. The topological polar surface area (TPSA) is 42.1 Å². The van der Waals surface area contributed by atoms with Gasteiger partial charge in [0.2, 0.25) is 0 Å². The average molecular weight is 124 g/mol. The monoisotopic (exact) mass is 124 g/mol. The lowest BCUT2D eigenvalue weighted by Gasteiger charge is -1.90. The van der Waals surface area contributed by atoms with E-state index in [1.54, 1.807) is 18.3 Å². The third-order valence-electron chi connectivity index (χ3n) is 0.949. The molecule has 1 N–H and O–H groups in total. The van der Waals surface area contributed by atoms with E-state index >= 15 is 0 Å². The first-order valence-electron chi connectivity index (χ1n) is 2.44. The molecule has 0 amide bonds. The van der Waals surface area contributed by atoms with Gasteiger partial charge in [-0.15, -0.1) is 0 Å². The van der Waals surface area contributed by atoms with Crippen LogP contribution in [0, 0.1) is 7.11 Å². The molecule has 0 spiro atoms. The van der Waals surface area contributed by atoms with Crippen molar-refractivity contribution in [2.45, 2.75) is 0 Å². The number of nitrogens with one attached hydrogen (secondary N) is 1. The summed E-state index contributed by atoms with van der Waals surface area (Å²) in [5, 5.41) is 0. The van der Waals surface area contributed by atoms with E-state index in [4.69, 9.17) is 0 Å². The van der Waals surface area contributed by atoms with Crippen LogP contribution in [0.25, 0.3) is 0 Å². The van der Waals surface area contributed by atoms with Gasteiger partial charge < -0.3 is 9.72 Å². The van der Waals surface area contributed by atoms with Crippen LogP contribution in [-0.4, -0.2) is 11.0 Å². The number of hydrogen-bond acceptors (Lipinski definition) is 2. The summed E-state index contributed by atoms with van der Waals surface area (Å²) < 4.78 is 4.17. The number of carbonyl (C=O) groups excluding carboxylic acids is 1. The number of carbonyl (C=O) groups is 1. The molecule has 0 bridgehead atoms. The standard InChI is InChI=1S/C6H6NO2/c1-9-6(8)5-3-2-4-7-5/h2-4,7H,1H2. The Morgan fingerprint density at radius 2 is 2.56 bits per heavy atom. The average Bonchev–Trinajstić information content (AvgIpc) is 2.37. The summed E-state index contributed by atoms with van der Waals surface area (Å²) in [5.74, 6) is -0.444. The van der Waals surface area contributed by atoms with Crippen molar-refractivity contribution in [1.29, 1.82) is 0 Å². The van der Waals surface area contributed by atoms with Gasteiger partial charge in [0.05, 0.1) is 0 Å². The lowest BCUT2D eigenvalue weighted by Crippen LogP contribution is -1.98. The van der Waals surface area contributed by atoms with Crippen LogP contribution < -0.4 is 0 Å². The first kappa shape index (κ1) is 5.88. The Morgan fingerprint density at radius 3 is 3.00 bits per heavy atom. The van der Waals surface area contributed by atoms with Crippen molar-refractivity contribution in [2.75, 3.05) is 0 Å². The molecule has 0 saturated carbocycles. The second-order valence-corrected chi connectivity index (χ2v) is 1.52. The number of rotatable bonds is 1. The van der Waals surface area contributed by atoms with Crippen molar-refractivity contribution in [2.24, 2.45) is 0 Å². The van der Waals surface area contributed by atoms with Crippen molar-refractivity contribution >= 4 is 5.97 Å². The van der Waals surface area contributed by atoms with E-state index in [2.05, 4.69) is 16.8 Å². The number of hydrogen-bond donors (Lipinski definition) is 1. The Hall–Kier alpha value is -1.25. The van der Waals surface area contributed by atoms with Crippen LogP contribution in [0.3, 0.4) is 0 Å². The van der Waals surface area contributed by atoms with E-state index in [-0.39, 0.29) is 0 Å². The maximum absolute atomic E-state index is 10.6. The number of aromatic amines is 1. The van der Waals surface area contributed by atoms with Crippen LogP contribution in [0.2, 0.25) is 0 Å². The highest BCUT2D eigenvalue weighted by atomic mass is 16.5. The molecule has 9 heavy (non-hydrogen) atoms. The molecule has 0 unspecified atom stereocenters. The summed E-state index contributed by atoms with van der Waals surface area (Å²) in [6.45, 7) is 0. The Labute approximate surface area is 52.6 Å². The van der Waals surface area contributed by atoms with E-state index < -0.39 is 5.97 Å². The van der Waals surface area contributed by atoms with Gasteiger partial charge in [-0.2, -0.15) is 0 Å². The van der Waals surface area contributed by atoms with E-state index in [0.29, 0.717) is 5.69 Å². The highest BCUT2D eigenvalue weighted by molar-refractivity contribution is 5.87. The fourth-order valence-corrected chi connectivity index (χ4v) is 0.535. The number of ether oxygens (including phenoxy) is 1. The van der Waals surface area contributed by atoms with Gasteiger partial charge in [0.15, 0.2) is 0 Å². The second kappa shape index (κ2) is 2.35. The molecular formula is C6H6NO2. The normalized spacial score (nSPS) is 9.00. The lowest BCUT2D eigenvalue weighted by atomic mass is 10.4. The van der Waals surface area contributed by atoms with Crippen LogP contribution in [0.1, 0.15) is 10.5 Å². The molecule has 0 aliphatic carbocycles. The largest absolute Gasteiger partial charge is 0.457 e. The minimum atomic E-state index is -0.444. The number of esters is 1. The van der Waals surface area contributed by atoms with Crippen LogP contribution in [0.5, 0.6) is 0 Å². The molecule has 0 aromatic carbocycles. The van der Waals surface area contributed by atoms with Crippen molar-refractivity contribution in [3.8, 4) is 0 Å². The van der Waals surface area contributed by atoms with E-state index in [1.165, 1.54) is 0 Å². The van der Waals surface area contributed by atoms with Gasteiger partial charge in [-0.25, -0.2) is 4.79 Å². The Kier molecular flexibility index (Phi) is 1.53. The van der Waals surface area contributed by atoms with Crippen LogP contribution in [0.4, 0.5) is 0 Å². The molecular weight excluding hydrogens is 118 g/mol. The molecule has 0 atom stereocenters. The van der Waals surface area contributed by atoms with Gasteiger partial charge >= 0.3 is 5.97 Å². The zero-order valence-corrected chi connectivity index (χ0v) is 4.76. The quantitative estimate of drug-likeness (QED) is 0.566. The van der Waals surface area contributed by atoms with Crippen LogP contribution in [-0.2, 0) is 4.74 Å². The molecule has 0 aliphatic rings. The minimum Gasteiger partial charge on any atom is -0.457 e. The first-order chi connectivity index (χ1) is 4.34. The van der Waals surface area contributed by atoms with Gasteiger partial charge in [0.25, 0.3) is 0 Å². The molecule has 1 heterocycles. The van der Waals surface area contributed by atoms with E-state index in [1.807, 2.05) is 0 Å². The molecule has 3 nitrogen and oxygen atoms in total. The third-order valence-corrected chi connectivity index (χ3v) is 0.949. The SMILES string of the molecule is [CH2]OC(=O)c1ccc[nH]1. The van der Waals surface area contributed by atoms with Crippen LogP contribution >= 0.6 is 0 Å². The van der Waals surface area contributed by atoms with E-state index in [0.717, 1.165) is 0 Å². The Balaban J connectivity index is 2.77. The smallest absolute Gasteiger partial charge is 0.354 e. The Bertz CT molecular complexity index is 191. The van der Waals surface area contributed by atoms with Crippen LogP contribution in [0.15, 0.2) is 18.3 Å². The van der Waals surface area contributed by atoms with Gasteiger partial charge in [-0.05, 0) is 12.1 Å². The molecule has 47 valence electrons. The van der Waals surface area contributed by atoms with Gasteiger partial charge in [0, 0.05) is 6.20 Å². The van der Waals surface area contributed by atoms with Crippen molar-refractivity contribution in [3.63, 3.8) is 0 Å². The van der Waals surface area contributed by atoms with Crippen molar-refractivity contribution in [3.05, 3.63) is 31.1 Å². The molecule has 1 aromatic heterocycles. The lowest BCUT2D eigenvalue weighted by molar-refractivity contribution is 0.0648. The maximum Gasteiger partial charge on any atom is 0.354 e. The third kappa shape index (κ3) is 1.10. The first-order valence-corrected chi connectivity index (χ1v) is 2.44. The minimum absolute atomic E-state index is 0.421. The van der Waals surface area contributed by atoms with Gasteiger partial charge in [-0.3, -0.25) is 0 Å². The number of aromatic nitrogens is 1. The molecule has 1 aromatic rings. The molecule has 0 fully saturated rings. The predicted octanol–water partition coefficient (Wildman–Crippen LogP) is 0.963. The zero-order valence-electron chi connectivity index (χ0n) is 4.76.